The largest absolute Gasteiger partial charge is 0.452 e. The third-order valence-corrected chi connectivity index (χ3v) is 5.45. The second-order valence-corrected chi connectivity index (χ2v) is 7.59. The molecule has 0 unspecified atom stereocenters. The molecule has 3 N–H and O–H groups in total. The Hall–Kier alpha value is -2.62. The van der Waals surface area contributed by atoms with Gasteiger partial charge in [0.2, 0.25) is 5.91 Å². The number of benzene rings is 1. The van der Waals surface area contributed by atoms with Gasteiger partial charge >= 0.3 is 5.97 Å². The van der Waals surface area contributed by atoms with Crippen LogP contribution >= 0.6 is 11.8 Å². The van der Waals surface area contributed by atoms with E-state index >= 15 is 0 Å². The lowest BCUT2D eigenvalue weighted by molar-refractivity contribution is -0.387. The molecule has 0 aliphatic heterocycles. The van der Waals surface area contributed by atoms with Crippen molar-refractivity contribution < 1.29 is 24.0 Å². The number of nitrogens with zero attached hydrogens (tertiary/aromatic N) is 1. The van der Waals surface area contributed by atoms with Crippen LogP contribution in [0.1, 0.15) is 49.4 Å². The van der Waals surface area contributed by atoms with Gasteiger partial charge in [0, 0.05) is 17.7 Å². The average Bonchev–Trinajstić information content (AvgIpc) is 2.66. The Kier molecular flexibility index (Phi) is 7.80. The number of nitro groups is 1. The highest BCUT2D eigenvalue weighted by Crippen LogP contribution is 2.30. The zero-order chi connectivity index (χ0) is 20.7. The Bertz CT molecular complexity index is 764. The van der Waals surface area contributed by atoms with Gasteiger partial charge in [-0.2, -0.15) is 0 Å². The molecule has 28 heavy (non-hydrogen) atoms. The first kappa shape index (κ1) is 21.7. The van der Waals surface area contributed by atoms with E-state index in [9.17, 15) is 24.5 Å². The number of esters is 1. The van der Waals surface area contributed by atoms with E-state index in [1.54, 1.807) is 0 Å². The maximum Gasteiger partial charge on any atom is 0.317 e. The number of hydrogen-bond acceptors (Lipinski definition) is 7. The van der Waals surface area contributed by atoms with E-state index < -0.39 is 22.9 Å². The fourth-order valence-corrected chi connectivity index (χ4v) is 3.71. The lowest BCUT2D eigenvalue weighted by atomic mass is 9.95. The molecule has 0 aromatic heterocycles. The first-order valence-corrected chi connectivity index (χ1v) is 9.97. The van der Waals surface area contributed by atoms with E-state index in [1.807, 2.05) is 0 Å². The van der Waals surface area contributed by atoms with Crippen LogP contribution in [0.25, 0.3) is 0 Å². The lowest BCUT2D eigenvalue weighted by Gasteiger charge is -2.24. The molecule has 1 fully saturated rings. The van der Waals surface area contributed by atoms with Crippen LogP contribution in [0, 0.1) is 10.1 Å². The summed E-state index contributed by atoms with van der Waals surface area (Å²) in [6.45, 7) is 1.49. The average molecular weight is 409 g/mol. The molecule has 10 heteroatoms. The number of ether oxygens (including phenoxy) is 1. The normalized spacial score (nSPS) is 15.5. The second-order valence-electron chi connectivity index (χ2n) is 6.57. The summed E-state index contributed by atoms with van der Waals surface area (Å²) in [6, 6.07) is 3.89. The van der Waals surface area contributed by atoms with Crippen LogP contribution in [0.4, 0.5) is 5.69 Å². The fourth-order valence-electron chi connectivity index (χ4n) is 2.92. The number of nitro benzene ring substituents is 1. The number of hydrogen-bond donors (Lipinski definition) is 2. The van der Waals surface area contributed by atoms with Crippen molar-refractivity contribution in [3.05, 3.63) is 33.9 Å². The summed E-state index contributed by atoms with van der Waals surface area (Å²) >= 11 is 0.893. The topological polar surface area (TPSA) is 142 Å². The number of primary amides is 1. The Morgan fingerprint density at radius 3 is 2.61 bits per heavy atom. The molecule has 1 aromatic rings. The van der Waals surface area contributed by atoms with E-state index in [2.05, 4.69) is 5.32 Å². The van der Waals surface area contributed by atoms with Gasteiger partial charge in [-0.1, -0.05) is 19.3 Å². The minimum atomic E-state index is -0.942. The summed E-state index contributed by atoms with van der Waals surface area (Å²) in [4.78, 5) is 46.0. The van der Waals surface area contributed by atoms with Crippen LogP contribution in [0.3, 0.4) is 0 Å². The Balaban J connectivity index is 1.88. The van der Waals surface area contributed by atoms with E-state index in [-0.39, 0.29) is 33.8 Å². The fraction of sp³-hybridized carbons (Fsp3) is 0.500. The molecule has 2 rings (SSSR count). The molecule has 152 valence electrons. The molecule has 1 aliphatic rings. The van der Waals surface area contributed by atoms with Crippen molar-refractivity contribution in [1.82, 2.24) is 5.32 Å². The van der Waals surface area contributed by atoms with Gasteiger partial charge in [0.25, 0.3) is 11.6 Å². The van der Waals surface area contributed by atoms with Crippen molar-refractivity contribution >= 4 is 35.2 Å². The molecule has 1 saturated carbocycles. The zero-order valence-corrected chi connectivity index (χ0v) is 16.3. The number of amides is 2. The Morgan fingerprint density at radius 1 is 1.32 bits per heavy atom. The van der Waals surface area contributed by atoms with Gasteiger partial charge in [-0.15, -0.1) is 11.8 Å². The highest BCUT2D eigenvalue weighted by atomic mass is 32.2. The second kappa shape index (κ2) is 10.1. The van der Waals surface area contributed by atoms with Crippen LogP contribution in [0.5, 0.6) is 0 Å². The van der Waals surface area contributed by atoms with Crippen molar-refractivity contribution in [2.24, 2.45) is 5.73 Å². The van der Waals surface area contributed by atoms with Gasteiger partial charge in [-0.3, -0.25) is 24.5 Å². The molecule has 0 spiro atoms. The first-order chi connectivity index (χ1) is 13.3. The highest BCUT2D eigenvalue weighted by Gasteiger charge is 2.23. The molecule has 0 bridgehead atoms. The van der Waals surface area contributed by atoms with Crippen molar-refractivity contribution in [3.63, 3.8) is 0 Å². The number of nitrogens with one attached hydrogen (secondary N) is 1. The van der Waals surface area contributed by atoms with E-state index in [4.69, 9.17) is 10.5 Å². The van der Waals surface area contributed by atoms with Crippen molar-refractivity contribution in [3.8, 4) is 0 Å². The summed E-state index contributed by atoms with van der Waals surface area (Å²) in [5.41, 5.74) is 4.81. The summed E-state index contributed by atoms with van der Waals surface area (Å²) in [5.74, 6) is -2.00. The minimum Gasteiger partial charge on any atom is -0.452 e. The van der Waals surface area contributed by atoms with Gasteiger partial charge < -0.3 is 15.8 Å². The van der Waals surface area contributed by atoms with Crippen LogP contribution in [0.15, 0.2) is 23.1 Å². The Labute approximate surface area is 166 Å². The van der Waals surface area contributed by atoms with E-state index in [1.165, 1.54) is 25.5 Å². The molecule has 9 nitrogen and oxygen atoms in total. The van der Waals surface area contributed by atoms with Crippen LogP contribution in [-0.4, -0.2) is 40.6 Å². The maximum absolute atomic E-state index is 12.1. The summed E-state index contributed by atoms with van der Waals surface area (Å²) in [6.07, 6.45) is 4.22. The van der Waals surface area contributed by atoms with Crippen molar-refractivity contribution in [1.29, 1.82) is 0 Å². The molecule has 0 heterocycles. The quantitative estimate of drug-likeness (QED) is 0.290. The van der Waals surface area contributed by atoms with Crippen molar-refractivity contribution in [2.75, 3.05) is 5.75 Å². The SMILES string of the molecule is C[C@@H](OC(=O)CSc1ccc(C(N)=O)cc1[N+](=O)[O-])C(=O)NC1CCCCC1. The van der Waals surface area contributed by atoms with Gasteiger partial charge in [0.1, 0.15) is 0 Å². The third-order valence-electron chi connectivity index (χ3n) is 4.41. The standard InChI is InChI=1S/C18H23N3O6S/c1-11(18(24)20-13-5-3-2-4-6-13)27-16(22)10-28-15-8-7-12(17(19)23)9-14(15)21(25)26/h7-9,11,13H,2-6,10H2,1H3,(H2,19,23)(H,20,24)/t11-/m1/s1. The summed E-state index contributed by atoms with van der Waals surface area (Å²) in [7, 11) is 0. The van der Waals surface area contributed by atoms with Crippen molar-refractivity contribution in [2.45, 2.75) is 56.1 Å². The highest BCUT2D eigenvalue weighted by molar-refractivity contribution is 8.00. The monoisotopic (exact) mass is 409 g/mol. The van der Waals surface area contributed by atoms with Crippen LogP contribution < -0.4 is 11.1 Å². The van der Waals surface area contributed by atoms with Gasteiger partial charge in [-0.05, 0) is 31.9 Å². The number of nitrogens with two attached hydrogens (primary N) is 1. The third kappa shape index (κ3) is 6.22. The molecule has 0 saturated heterocycles. The van der Waals surface area contributed by atoms with Crippen LogP contribution in [-0.2, 0) is 14.3 Å². The first-order valence-electron chi connectivity index (χ1n) is 8.99. The zero-order valence-electron chi connectivity index (χ0n) is 15.5. The molecule has 0 radical (unpaired) electrons. The predicted octanol–water partition coefficient (Wildman–Crippen LogP) is 2.17. The number of thioether (sulfide) groups is 1. The van der Waals surface area contributed by atoms with E-state index in [0.29, 0.717) is 0 Å². The molecule has 2 amide bonds. The van der Waals surface area contributed by atoms with Crippen LogP contribution in [0.2, 0.25) is 0 Å². The number of rotatable bonds is 8. The molecule has 1 atom stereocenters. The molecular weight excluding hydrogens is 386 g/mol. The molecule has 1 aliphatic carbocycles. The van der Waals surface area contributed by atoms with Gasteiger partial charge in [0.05, 0.1) is 15.6 Å². The van der Waals surface area contributed by atoms with Gasteiger partial charge in [0.15, 0.2) is 6.10 Å². The van der Waals surface area contributed by atoms with E-state index in [0.717, 1.165) is 43.5 Å². The maximum atomic E-state index is 12.1. The summed E-state index contributed by atoms with van der Waals surface area (Å²) in [5, 5.41) is 14.1. The van der Waals surface area contributed by atoms with Gasteiger partial charge in [-0.25, -0.2) is 0 Å². The summed E-state index contributed by atoms with van der Waals surface area (Å²) < 4.78 is 5.12. The molecular formula is C18H23N3O6S. The lowest BCUT2D eigenvalue weighted by Crippen LogP contribution is -2.43. The number of carbonyl (C=O) groups is 3. The number of carbonyl (C=O) groups excluding carboxylic acids is 3. The molecule has 1 aromatic carbocycles. The Morgan fingerprint density at radius 2 is 2.00 bits per heavy atom. The minimum absolute atomic E-state index is 0.00614. The predicted molar refractivity (Wildman–Crippen MR) is 103 cm³/mol. The smallest absolute Gasteiger partial charge is 0.317 e.